The van der Waals surface area contributed by atoms with Gasteiger partial charge in [0.2, 0.25) is 5.43 Å². The highest BCUT2D eigenvalue weighted by Crippen LogP contribution is 2.39. The summed E-state index contributed by atoms with van der Waals surface area (Å²) in [4.78, 5) is 40.0. The second-order valence-corrected chi connectivity index (χ2v) is 8.51. The summed E-state index contributed by atoms with van der Waals surface area (Å²) in [5, 5.41) is 21.6. The topological polar surface area (TPSA) is 112 Å². The Bertz CT molecular complexity index is 1190. The summed E-state index contributed by atoms with van der Waals surface area (Å²) in [6.07, 6.45) is 4.35. The maximum Gasteiger partial charge on any atom is 0.274 e. The Morgan fingerprint density at radius 1 is 1.18 bits per heavy atom. The van der Waals surface area contributed by atoms with Gasteiger partial charge in [0, 0.05) is 24.8 Å². The number of amides is 2. The quantitative estimate of drug-likeness (QED) is 0.568. The van der Waals surface area contributed by atoms with Gasteiger partial charge >= 0.3 is 0 Å². The monoisotopic (exact) mass is 481 g/mol. The fourth-order valence-electron chi connectivity index (χ4n) is 4.67. The molecule has 1 unspecified atom stereocenters. The van der Waals surface area contributed by atoms with Gasteiger partial charge in [-0.15, -0.1) is 0 Å². The van der Waals surface area contributed by atoms with Gasteiger partial charge in [0.25, 0.3) is 11.8 Å². The van der Waals surface area contributed by atoms with E-state index < -0.39 is 45.2 Å². The van der Waals surface area contributed by atoms with Crippen LogP contribution in [0.25, 0.3) is 0 Å². The molecule has 0 radical (unpaired) electrons. The third-order valence-corrected chi connectivity index (χ3v) is 6.61. The van der Waals surface area contributed by atoms with Crippen molar-refractivity contribution >= 4 is 23.4 Å². The van der Waals surface area contributed by atoms with Crippen molar-refractivity contribution in [2.24, 2.45) is 0 Å². The first-order chi connectivity index (χ1) is 15.8. The number of β-amino-alcohol motifs (C(OH)–C–C–N with tert-alkyl or cyclic N) is 1. The predicted octanol–water partition coefficient (Wildman–Crippen LogP) is 2.35. The Hall–Kier alpha value is -2.98. The molecule has 1 aromatic heterocycles. The predicted molar refractivity (Wildman–Crippen MR) is 114 cm³/mol. The summed E-state index contributed by atoms with van der Waals surface area (Å²) in [5.74, 6) is -4.29. The minimum absolute atomic E-state index is 0.0711. The third kappa shape index (κ3) is 3.97. The molecule has 1 saturated carbocycles. The number of benzene rings is 1. The van der Waals surface area contributed by atoms with Crippen LogP contribution in [0.2, 0.25) is 5.02 Å². The molecular weight excluding hydrogens is 460 g/mol. The molecule has 8 nitrogen and oxygen atoms in total. The standard InChI is InChI=1S/C22H22ClF2N3O5/c23-16-13(24)6-5-11(17(16)25)9-26-21(32)12-10-28-15-4-2-1-3-14(15)27(7-8-29)22(33)18(28)20(31)19(12)30/h5-6,10,14-15,29,31H,1-4,7-9H2,(H,26,32)/t14?,15-/m1/s1. The van der Waals surface area contributed by atoms with Crippen LogP contribution in [0.15, 0.2) is 23.1 Å². The lowest BCUT2D eigenvalue weighted by molar-refractivity contribution is 0.0369. The number of pyridine rings is 1. The lowest BCUT2D eigenvalue weighted by atomic mass is 9.86. The minimum Gasteiger partial charge on any atom is -0.503 e. The smallest absolute Gasteiger partial charge is 0.274 e. The number of nitrogens with zero attached hydrogens (tertiary/aromatic N) is 2. The fraction of sp³-hybridized carbons (Fsp3) is 0.409. The van der Waals surface area contributed by atoms with Gasteiger partial charge in [-0.05, 0) is 18.9 Å². The summed E-state index contributed by atoms with van der Waals surface area (Å²) in [5.41, 5.74) is -1.75. The number of aliphatic hydroxyl groups excluding tert-OH is 1. The lowest BCUT2D eigenvalue weighted by Gasteiger charge is -2.45. The largest absolute Gasteiger partial charge is 0.503 e. The number of fused-ring (bicyclic) bond motifs is 3. The molecule has 4 rings (SSSR count). The first kappa shape index (κ1) is 23.2. The zero-order valence-electron chi connectivity index (χ0n) is 17.5. The second kappa shape index (κ2) is 9.11. The number of halogens is 3. The molecule has 0 bridgehead atoms. The van der Waals surface area contributed by atoms with Crippen LogP contribution in [0.1, 0.15) is 58.1 Å². The highest BCUT2D eigenvalue weighted by molar-refractivity contribution is 6.30. The molecule has 3 N–H and O–H groups in total. The van der Waals surface area contributed by atoms with Crippen LogP contribution >= 0.6 is 11.6 Å². The summed E-state index contributed by atoms with van der Waals surface area (Å²) in [7, 11) is 0. The van der Waals surface area contributed by atoms with Crippen LogP contribution in [0.4, 0.5) is 8.78 Å². The number of rotatable bonds is 5. The minimum atomic E-state index is -1.04. The van der Waals surface area contributed by atoms with E-state index in [1.165, 1.54) is 15.7 Å². The second-order valence-electron chi connectivity index (χ2n) is 8.13. The Morgan fingerprint density at radius 2 is 1.88 bits per heavy atom. The highest BCUT2D eigenvalue weighted by atomic mass is 35.5. The molecule has 2 atom stereocenters. The molecule has 0 spiro atoms. The van der Waals surface area contributed by atoms with E-state index in [0.717, 1.165) is 25.0 Å². The molecule has 11 heteroatoms. The number of carbonyl (C=O) groups excluding carboxylic acids is 2. The first-order valence-corrected chi connectivity index (χ1v) is 10.9. The Labute approximate surface area is 192 Å². The van der Waals surface area contributed by atoms with Crippen LogP contribution in [-0.2, 0) is 6.54 Å². The first-order valence-electron chi connectivity index (χ1n) is 10.6. The molecule has 1 aromatic carbocycles. The van der Waals surface area contributed by atoms with Crippen molar-refractivity contribution in [2.45, 2.75) is 44.3 Å². The van der Waals surface area contributed by atoms with Crippen molar-refractivity contribution in [3.8, 4) is 5.75 Å². The number of hydrogen-bond donors (Lipinski definition) is 3. The van der Waals surface area contributed by atoms with E-state index in [9.17, 15) is 33.4 Å². The summed E-state index contributed by atoms with van der Waals surface area (Å²) in [6.45, 7) is -0.562. The van der Waals surface area contributed by atoms with Crippen LogP contribution in [0.3, 0.4) is 0 Å². The zero-order valence-corrected chi connectivity index (χ0v) is 18.2. The van der Waals surface area contributed by atoms with Crippen molar-refractivity contribution < 1.29 is 28.6 Å². The van der Waals surface area contributed by atoms with E-state index in [1.54, 1.807) is 0 Å². The molecular formula is C22H22ClF2N3O5. The SMILES string of the molecule is O=C(NCc1ccc(F)c(Cl)c1F)c1cn2c(c(O)c1=O)C(=O)N(CCO)C1CCCC[C@H]12. The molecule has 176 valence electrons. The zero-order chi connectivity index (χ0) is 23.9. The highest BCUT2D eigenvalue weighted by Gasteiger charge is 2.42. The average Bonchev–Trinajstić information content (AvgIpc) is 2.81. The van der Waals surface area contributed by atoms with Gasteiger partial charge in [-0.25, -0.2) is 8.78 Å². The summed E-state index contributed by atoms with van der Waals surface area (Å²) < 4.78 is 28.9. The van der Waals surface area contributed by atoms with Gasteiger partial charge in [-0.1, -0.05) is 30.5 Å². The van der Waals surface area contributed by atoms with Gasteiger partial charge in [0.15, 0.2) is 11.4 Å². The van der Waals surface area contributed by atoms with Crippen LogP contribution < -0.4 is 10.7 Å². The van der Waals surface area contributed by atoms with Gasteiger partial charge in [-0.2, -0.15) is 0 Å². The molecule has 33 heavy (non-hydrogen) atoms. The van der Waals surface area contributed by atoms with Crippen molar-refractivity contribution in [1.82, 2.24) is 14.8 Å². The maximum absolute atomic E-state index is 14.1. The van der Waals surface area contributed by atoms with E-state index in [-0.39, 0.29) is 43.0 Å². The molecule has 1 aliphatic carbocycles. The number of aliphatic hydroxyl groups is 1. The van der Waals surface area contributed by atoms with Crippen LogP contribution in [-0.4, -0.2) is 50.7 Å². The lowest BCUT2D eigenvalue weighted by Crippen LogP contribution is -2.53. The van der Waals surface area contributed by atoms with E-state index in [2.05, 4.69) is 5.32 Å². The number of aromatic nitrogens is 1. The van der Waals surface area contributed by atoms with Crippen LogP contribution in [0, 0.1) is 11.6 Å². The van der Waals surface area contributed by atoms with Gasteiger partial charge in [0.1, 0.15) is 22.2 Å². The normalized spacial score (nSPS) is 19.8. The molecule has 2 aromatic rings. The third-order valence-electron chi connectivity index (χ3n) is 6.27. The molecule has 2 aliphatic rings. The Kier molecular flexibility index (Phi) is 6.40. The average molecular weight is 482 g/mol. The Morgan fingerprint density at radius 3 is 2.58 bits per heavy atom. The molecule has 0 saturated heterocycles. The van der Waals surface area contributed by atoms with E-state index >= 15 is 0 Å². The van der Waals surface area contributed by atoms with E-state index in [1.807, 2.05) is 0 Å². The summed E-state index contributed by atoms with van der Waals surface area (Å²) in [6, 6.07) is 1.57. The molecule has 1 fully saturated rings. The van der Waals surface area contributed by atoms with E-state index in [4.69, 9.17) is 11.6 Å². The van der Waals surface area contributed by atoms with Gasteiger partial charge < -0.3 is 25.0 Å². The summed E-state index contributed by atoms with van der Waals surface area (Å²) >= 11 is 5.55. The van der Waals surface area contributed by atoms with Gasteiger partial charge in [0.05, 0.1) is 18.7 Å². The number of carbonyl (C=O) groups is 2. The maximum atomic E-state index is 14.1. The van der Waals surface area contributed by atoms with Crippen LogP contribution in [0.5, 0.6) is 5.75 Å². The molecule has 2 amide bonds. The van der Waals surface area contributed by atoms with Crippen molar-refractivity contribution in [3.05, 3.63) is 62.0 Å². The molecule has 2 heterocycles. The van der Waals surface area contributed by atoms with Gasteiger partial charge in [-0.3, -0.25) is 14.4 Å². The van der Waals surface area contributed by atoms with E-state index in [0.29, 0.717) is 12.8 Å². The number of nitrogens with one attached hydrogen (secondary N) is 1. The van der Waals surface area contributed by atoms with Crippen molar-refractivity contribution in [1.29, 1.82) is 0 Å². The van der Waals surface area contributed by atoms with Crippen molar-refractivity contribution in [3.63, 3.8) is 0 Å². The van der Waals surface area contributed by atoms with Crippen molar-refractivity contribution in [2.75, 3.05) is 13.2 Å². The molecule has 1 aliphatic heterocycles. The number of hydrogen-bond acceptors (Lipinski definition) is 5. The Balaban J connectivity index is 1.68. The number of aromatic hydroxyl groups is 1. The fourth-order valence-corrected chi connectivity index (χ4v) is 4.85.